The SMILES string of the molecule is CCNC(=NCCS(=O)(=O)C(C)(C)C)NCCc1cc(F)ccc1F.I. The summed E-state index contributed by atoms with van der Waals surface area (Å²) in [5.74, 6) is -0.541. The minimum absolute atomic E-state index is 0. The van der Waals surface area contributed by atoms with E-state index in [1.807, 2.05) is 6.92 Å². The second kappa shape index (κ2) is 11.0. The number of halogens is 3. The largest absolute Gasteiger partial charge is 0.357 e. The van der Waals surface area contributed by atoms with Gasteiger partial charge in [-0.1, -0.05) is 0 Å². The smallest absolute Gasteiger partial charge is 0.191 e. The van der Waals surface area contributed by atoms with E-state index in [0.29, 0.717) is 19.0 Å². The first-order valence-corrected chi connectivity index (χ1v) is 9.90. The Kier molecular flexibility index (Phi) is 10.6. The Morgan fingerprint density at radius 2 is 1.85 bits per heavy atom. The van der Waals surface area contributed by atoms with E-state index >= 15 is 0 Å². The first kappa shape index (κ1) is 25.0. The highest BCUT2D eigenvalue weighted by Gasteiger charge is 2.28. The number of hydrogen-bond acceptors (Lipinski definition) is 3. The van der Waals surface area contributed by atoms with Gasteiger partial charge in [0.05, 0.1) is 17.0 Å². The van der Waals surface area contributed by atoms with Crippen molar-refractivity contribution in [2.24, 2.45) is 4.99 Å². The third-order valence-electron chi connectivity index (χ3n) is 3.60. The summed E-state index contributed by atoms with van der Waals surface area (Å²) in [6, 6.07) is 3.34. The third kappa shape index (κ3) is 8.15. The standard InChI is InChI=1S/C17H27F2N3O2S.HI/c1-5-20-16(22-10-11-25(23,24)17(2,3)4)21-9-8-13-12-14(18)6-7-15(13)19;/h6-7,12H,5,8-11H2,1-4H3,(H2,20,21,22);1H. The molecule has 1 aromatic rings. The highest BCUT2D eigenvalue weighted by Crippen LogP contribution is 2.15. The van der Waals surface area contributed by atoms with Crippen molar-refractivity contribution < 1.29 is 17.2 Å². The molecule has 1 rings (SSSR count). The molecule has 0 heterocycles. The van der Waals surface area contributed by atoms with E-state index in [-0.39, 0.29) is 48.3 Å². The van der Waals surface area contributed by atoms with Crippen molar-refractivity contribution in [2.75, 3.05) is 25.4 Å². The van der Waals surface area contributed by atoms with Crippen LogP contribution in [0.3, 0.4) is 0 Å². The van der Waals surface area contributed by atoms with Crippen molar-refractivity contribution >= 4 is 39.8 Å². The molecule has 0 unspecified atom stereocenters. The first-order chi connectivity index (χ1) is 11.6. The highest BCUT2D eigenvalue weighted by molar-refractivity contribution is 14.0. The Labute approximate surface area is 172 Å². The number of rotatable bonds is 7. The summed E-state index contributed by atoms with van der Waals surface area (Å²) in [5.41, 5.74) is 0.277. The molecular formula is C17H28F2IN3O2S. The molecule has 0 spiro atoms. The van der Waals surface area contributed by atoms with Gasteiger partial charge in [-0.2, -0.15) is 0 Å². The van der Waals surface area contributed by atoms with Gasteiger partial charge < -0.3 is 10.6 Å². The molecule has 0 saturated heterocycles. The molecule has 26 heavy (non-hydrogen) atoms. The summed E-state index contributed by atoms with van der Waals surface area (Å²) < 4.78 is 50.1. The van der Waals surface area contributed by atoms with Gasteiger partial charge in [-0.3, -0.25) is 4.99 Å². The van der Waals surface area contributed by atoms with Crippen LogP contribution in [-0.4, -0.2) is 44.5 Å². The molecule has 150 valence electrons. The van der Waals surface area contributed by atoms with E-state index in [0.717, 1.165) is 18.2 Å². The molecule has 0 atom stereocenters. The van der Waals surface area contributed by atoms with E-state index in [1.165, 1.54) is 0 Å². The molecule has 1 aromatic carbocycles. The molecular weight excluding hydrogens is 475 g/mol. The van der Waals surface area contributed by atoms with Gasteiger partial charge in [-0.25, -0.2) is 17.2 Å². The second-order valence-electron chi connectivity index (χ2n) is 6.60. The number of sulfone groups is 1. The molecule has 0 radical (unpaired) electrons. The van der Waals surface area contributed by atoms with Gasteiger partial charge in [0, 0.05) is 13.1 Å². The maximum Gasteiger partial charge on any atom is 0.191 e. The van der Waals surface area contributed by atoms with Gasteiger partial charge in [-0.15, -0.1) is 24.0 Å². The van der Waals surface area contributed by atoms with Gasteiger partial charge >= 0.3 is 0 Å². The van der Waals surface area contributed by atoms with Gasteiger partial charge in [0.25, 0.3) is 0 Å². The Balaban J connectivity index is 0.00000625. The Bertz CT molecular complexity index is 704. The van der Waals surface area contributed by atoms with E-state index in [9.17, 15) is 17.2 Å². The summed E-state index contributed by atoms with van der Waals surface area (Å²) in [6.45, 7) is 7.93. The van der Waals surface area contributed by atoms with Crippen molar-refractivity contribution in [3.05, 3.63) is 35.4 Å². The van der Waals surface area contributed by atoms with Crippen LogP contribution >= 0.6 is 24.0 Å². The van der Waals surface area contributed by atoms with Gasteiger partial charge in [0.1, 0.15) is 11.6 Å². The van der Waals surface area contributed by atoms with E-state index in [2.05, 4.69) is 15.6 Å². The summed E-state index contributed by atoms with van der Waals surface area (Å²) in [4.78, 5) is 4.23. The van der Waals surface area contributed by atoms with E-state index < -0.39 is 26.2 Å². The molecule has 0 amide bonds. The van der Waals surface area contributed by atoms with Gasteiger partial charge in [0.2, 0.25) is 0 Å². The van der Waals surface area contributed by atoms with Crippen LogP contribution in [0.15, 0.2) is 23.2 Å². The monoisotopic (exact) mass is 503 g/mol. The number of hydrogen-bond donors (Lipinski definition) is 2. The second-order valence-corrected chi connectivity index (χ2v) is 9.47. The zero-order valence-corrected chi connectivity index (χ0v) is 18.8. The van der Waals surface area contributed by atoms with E-state index in [1.54, 1.807) is 20.8 Å². The van der Waals surface area contributed by atoms with Crippen LogP contribution in [0.2, 0.25) is 0 Å². The van der Waals surface area contributed by atoms with Crippen molar-refractivity contribution in [1.29, 1.82) is 0 Å². The third-order valence-corrected chi connectivity index (χ3v) is 6.19. The van der Waals surface area contributed by atoms with Crippen molar-refractivity contribution in [1.82, 2.24) is 10.6 Å². The molecule has 0 bridgehead atoms. The zero-order chi connectivity index (χ0) is 19.1. The Hall–Kier alpha value is -0.970. The average Bonchev–Trinajstić information content (AvgIpc) is 2.49. The van der Waals surface area contributed by atoms with Crippen molar-refractivity contribution in [2.45, 2.75) is 38.9 Å². The lowest BCUT2D eigenvalue weighted by molar-refractivity contribution is 0.560. The van der Waals surface area contributed by atoms with Crippen molar-refractivity contribution in [3.63, 3.8) is 0 Å². The first-order valence-electron chi connectivity index (χ1n) is 8.25. The number of guanidine groups is 1. The quantitative estimate of drug-likeness (QED) is 0.341. The van der Waals surface area contributed by atoms with Crippen LogP contribution < -0.4 is 10.6 Å². The van der Waals surface area contributed by atoms with Crippen LogP contribution in [0, 0.1) is 11.6 Å². The van der Waals surface area contributed by atoms with Gasteiger partial charge in [-0.05, 0) is 57.9 Å². The van der Waals surface area contributed by atoms with Crippen molar-refractivity contribution in [3.8, 4) is 0 Å². The van der Waals surface area contributed by atoms with E-state index in [4.69, 9.17) is 0 Å². The summed E-state index contributed by atoms with van der Waals surface area (Å²) in [5, 5.41) is 5.99. The molecule has 0 fully saturated rings. The Morgan fingerprint density at radius 3 is 2.42 bits per heavy atom. The predicted octanol–water partition coefficient (Wildman–Crippen LogP) is 2.89. The molecule has 0 aliphatic rings. The lowest BCUT2D eigenvalue weighted by atomic mass is 10.1. The molecule has 0 aliphatic carbocycles. The number of nitrogens with one attached hydrogen (secondary N) is 2. The number of aliphatic imine (C=N–C) groups is 1. The van der Waals surface area contributed by atoms with Gasteiger partial charge in [0.15, 0.2) is 15.8 Å². The van der Waals surface area contributed by atoms with Crippen LogP contribution in [0.5, 0.6) is 0 Å². The minimum Gasteiger partial charge on any atom is -0.357 e. The Morgan fingerprint density at radius 1 is 1.19 bits per heavy atom. The molecule has 9 heteroatoms. The topological polar surface area (TPSA) is 70.6 Å². The van der Waals surface area contributed by atoms with Crippen LogP contribution in [0.4, 0.5) is 8.78 Å². The van der Waals surface area contributed by atoms with Crippen LogP contribution in [0.1, 0.15) is 33.3 Å². The molecule has 0 aromatic heterocycles. The lowest BCUT2D eigenvalue weighted by Crippen LogP contribution is -2.39. The fraction of sp³-hybridized carbons (Fsp3) is 0.588. The number of nitrogens with zero attached hydrogens (tertiary/aromatic N) is 1. The normalized spacial score (nSPS) is 12.5. The molecule has 0 aliphatic heterocycles. The lowest BCUT2D eigenvalue weighted by Gasteiger charge is -2.18. The van der Waals surface area contributed by atoms with Crippen LogP contribution in [0.25, 0.3) is 0 Å². The number of benzene rings is 1. The molecule has 2 N–H and O–H groups in total. The predicted molar refractivity (Wildman–Crippen MR) is 113 cm³/mol. The fourth-order valence-corrected chi connectivity index (χ4v) is 2.92. The maximum absolute atomic E-state index is 13.6. The zero-order valence-electron chi connectivity index (χ0n) is 15.6. The summed E-state index contributed by atoms with van der Waals surface area (Å²) in [7, 11) is -3.24. The highest BCUT2D eigenvalue weighted by atomic mass is 127. The maximum atomic E-state index is 13.6. The average molecular weight is 503 g/mol. The fourth-order valence-electron chi connectivity index (χ4n) is 1.98. The minimum atomic E-state index is -3.24. The molecule has 5 nitrogen and oxygen atoms in total. The van der Waals surface area contributed by atoms with Crippen LogP contribution in [-0.2, 0) is 16.3 Å². The summed E-state index contributed by atoms with van der Waals surface area (Å²) in [6.07, 6.45) is 0.286. The molecule has 0 saturated carbocycles. The summed E-state index contributed by atoms with van der Waals surface area (Å²) >= 11 is 0.